The van der Waals surface area contributed by atoms with Crippen LogP contribution in [-0.2, 0) is 14.3 Å². The first-order valence-corrected chi connectivity index (χ1v) is 7.16. The third-order valence-corrected chi connectivity index (χ3v) is 3.19. The summed E-state index contributed by atoms with van der Waals surface area (Å²) in [6.45, 7) is 4.74. The van der Waals surface area contributed by atoms with Gasteiger partial charge >= 0.3 is 5.97 Å². The summed E-state index contributed by atoms with van der Waals surface area (Å²) < 4.78 is 4.51. The molecule has 0 aliphatic heterocycles. The fourth-order valence-corrected chi connectivity index (χ4v) is 2.07. The van der Waals surface area contributed by atoms with E-state index in [0.29, 0.717) is 12.5 Å². The number of ether oxygens (including phenoxy) is 1. The third kappa shape index (κ3) is 6.40. The number of nitrogens with one attached hydrogen (secondary N) is 2. The summed E-state index contributed by atoms with van der Waals surface area (Å²) in [6.07, 6.45) is 0.189. The van der Waals surface area contributed by atoms with E-state index in [1.807, 2.05) is 30.3 Å². The highest BCUT2D eigenvalue weighted by molar-refractivity contribution is 5.78. The van der Waals surface area contributed by atoms with E-state index in [1.165, 1.54) is 7.11 Å². The molecular weight excluding hydrogens is 268 g/mol. The van der Waals surface area contributed by atoms with Crippen molar-refractivity contribution >= 4 is 11.9 Å². The van der Waals surface area contributed by atoms with Gasteiger partial charge in [0.15, 0.2) is 0 Å². The van der Waals surface area contributed by atoms with Crippen LogP contribution in [0.4, 0.5) is 0 Å². The molecule has 0 saturated heterocycles. The van der Waals surface area contributed by atoms with E-state index in [9.17, 15) is 9.59 Å². The second kappa shape index (κ2) is 9.13. The lowest BCUT2D eigenvalue weighted by Gasteiger charge is -2.22. The zero-order chi connectivity index (χ0) is 15.7. The first-order valence-electron chi connectivity index (χ1n) is 7.16. The average Bonchev–Trinajstić information content (AvgIpc) is 2.48. The molecule has 2 N–H and O–H groups in total. The average molecular weight is 292 g/mol. The van der Waals surface area contributed by atoms with Crippen LogP contribution in [0, 0.1) is 5.92 Å². The van der Waals surface area contributed by atoms with E-state index in [0.717, 1.165) is 5.56 Å². The molecule has 0 aliphatic rings. The summed E-state index contributed by atoms with van der Waals surface area (Å²) in [5.41, 5.74) is 1.16. The first kappa shape index (κ1) is 17.2. The predicted octanol–water partition coefficient (Wildman–Crippen LogP) is 1.65. The van der Waals surface area contributed by atoms with Crippen LogP contribution in [0.5, 0.6) is 0 Å². The smallest absolute Gasteiger partial charge is 0.307 e. The van der Waals surface area contributed by atoms with Crippen LogP contribution < -0.4 is 10.6 Å². The van der Waals surface area contributed by atoms with E-state index in [4.69, 9.17) is 0 Å². The minimum Gasteiger partial charge on any atom is -0.469 e. The van der Waals surface area contributed by atoms with E-state index < -0.39 is 0 Å². The molecule has 0 radical (unpaired) electrons. The molecule has 1 aromatic rings. The Morgan fingerprint density at radius 1 is 1.19 bits per heavy atom. The molecule has 1 atom stereocenters. The van der Waals surface area contributed by atoms with E-state index in [1.54, 1.807) is 0 Å². The van der Waals surface area contributed by atoms with Crippen LogP contribution in [0.25, 0.3) is 0 Å². The largest absolute Gasteiger partial charge is 0.469 e. The van der Waals surface area contributed by atoms with Crippen molar-refractivity contribution in [1.82, 2.24) is 10.6 Å². The first-order chi connectivity index (χ1) is 10.0. The summed E-state index contributed by atoms with van der Waals surface area (Å²) in [7, 11) is 1.33. The van der Waals surface area contributed by atoms with Gasteiger partial charge in [-0.3, -0.25) is 9.59 Å². The van der Waals surface area contributed by atoms with Crippen molar-refractivity contribution in [3.8, 4) is 0 Å². The second-order valence-electron chi connectivity index (χ2n) is 5.19. The molecule has 5 nitrogen and oxygen atoms in total. The maximum absolute atomic E-state index is 11.7. The Balaban J connectivity index is 2.40. The van der Waals surface area contributed by atoms with Gasteiger partial charge in [0, 0.05) is 12.6 Å². The molecule has 21 heavy (non-hydrogen) atoms. The van der Waals surface area contributed by atoms with Crippen LogP contribution in [0.2, 0.25) is 0 Å². The summed E-state index contributed by atoms with van der Waals surface area (Å²) in [5.74, 6) is -0.0802. The SMILES string of the molecule is COC(=O)CCNC(=O)CNC(c1ccccc1)C(C)C. The second-order valence-corrected chi connectivity index (χ2v) is 5.19. The van der Waals surface area contributed by atoms with Crippen molar-refractivity contribution in [2.24, 2.45) is 5.92 Å². The number of amides is 1. The van der Waals surface area contributed by atoms with Crippen LogP contribution in [0.3, 0.4) is 0 Å². The molecule has 1 unspecified atom stereocenters. The summed E-state index contributed by atoms with van der Waals surface area (Å²) in [6, 6.07) is 10.2. The number of methoxy groups -OCH3 is 1. The normalized spacial score (nSPS) is 12.0. The van der Waals surface area contributed by atoms with E-state index >= 15 is 0 Å². The molecule has 5 heteroatoms. The van der Waals surface area contributed by atoms with Crippen LogP contribution in [0.1, 0.15) is 31.9 Å². The van der Waals surface area contributed by atoms with Crippen LogP contribution in [0.15, 0.2) is 30.3 Å². The third-order valence-electron chi connectivity index (χ3n) is 3.19. The van der Waals surface area contributed by atoms with Gasteiger partial charge in [0.2, 0.25) is 5.91 Å². The standard InChI is InChI=1S/C16H24N2O3/c1-12(2)16(13-7-5-4-6-8-13)18-11-14(19)17-10-9-15(20)21-3/h4-8,12,16,18H,9-11H2,1-3H3,(H,17,19). The van der Waals surface area contributed by atoms with Crippen molar-refractivity contribution < 1.29 is 14.3 Å². The molecule has 1 rings (SSSR count). The van der Waals surface area contributed by atoms with Gasteiger partial charge in [-0.25, -0.2) is 0 Å². The Morgan fingerprint density at radius 2 is 1.86 bits per heavy atom. The topological polar surface area (TPSA) is 67.4 Å². The number of hydrogen-bond donors (Lipinski definition) is 2. The molecule has 0 aromatic heterocycles. The monoisotopic (exact) mass is 292 g/mol. The molecule has 0 aliphatic carbocycles. The van der Waals surface area contributed by atoms with Gasteiger partial charge in [0.05, 0.1) is 20.1 Å². The quantitative estimate of drug-likeness (QED) is 0.715. The number of hydrogen-bond acceptors (Lipinski definition) is 4. The predicted molar refractivity (Wildman–Crippen MR) is 81.7 cm³/mol. The van der Waals surface area contributed by atoms with Crippen molar-refractivity contribution in [1.29, 1.82) is 0 Å². The summed E-state index contributed by atoms with van der Waals surface area (Å²) >= 11 is 0. The van der Waals surface area contributed by atoms with Gasteiger partial charge in [-0.1, -0.05) is 44.2 Å². The highest BCUT2D eigenvalue weighted by Crippen LogP contribution is 2.20. The zero-order valence-electron chi connectivity index (χ0n) is 12.9. The van der Waals surface area contributed by atoms with Gasteiger partial charge in [-0.05, 0) is 11.5 Å². The van der Waals surface area contributed by atoms with Gasteiger partial charge in [-0.2, -0.15) is 0 Å². The Hall–Kier alpha value is -1.88. The van der Waals surface area contributed by atoms with Crippen molar-refractivity contribution in [3.63, 3.8) is 0 Å². The minimum absolute atomic E-state index is 0.123. The Kier molecular flexibility index (Phi) is 7.46. The molecule has 0 bridgehead atoms. The van der Waals surface area contributed by atoms with E-state index in [-0.39, 0.29) is 30.9 Å². The molecular formula is C16H24N2O3. The van der Waals surface area contributed by atoms with Crippen LogP contribution in [-0.4, -0.2) is 32.1 Å². The number of benzene rings is 1. The summed E-state index contributed by atoms with van der Waals surface area (Å²) in [4.78, 5) is 22.7. The molecule has 1 aromatic carbocycles. The highest BCUT2D eigenvalue weighted by Gasteiger charge is 2.16. The number of carbonyl (C=O) groups excluding carboxylic acids is 2. The maximum atomic E-state index is 11.7. The molecule has 0 saturated carbocycles. The van der Waals surface area contributed by atoms with Crippen molar-refractivity contribution in [2.45, 2.75) is 26.3 Å². The Bertz CT molecular complexity index is 446. The summed E-state index contributed by atoms with van der Waals surface area (Å²) in [5, 5.41) is 5.95. The Morgan fingerprint density at radius 3 is 2.43 bits per heavy atom. The lowest BCUT2D eigenvalue weighted by Crippen LogP contribution is -2.38. The highest BCUT2D eigenvalue weighted by atomic mass is 16.5. The minimum atomic E-state index is -0.326. The molecule has 116 valence electrons. The fraction of sp³-hybridized carbons (Fsp3) is 0.500. The maximum Gasteiger partial charge on any atom is 0.307 e. The molecule has 0 spiro atoms. The zero-order valence-corrected chi connectivity index (χ0v) is 12.9. The van der Waals surface area contributed by atoms with Crippen molar-refractivity contribution in [2.75, 3.05) is 20.2 Å². The van der Waals surface area contributed by atoms with Crippen LogP contribution >= 0.6 is 0 Å². The van der Waals surface area contributed by atoms with Gasteiger partial charge in [0.1, 0.15) is 0 Å². The lowest BCUT2D eigenvalue weighted by atomic mass is 9.96. The van der Waals surface area contributed by atoms with Gasteiger partial charge < -0.3 is 15.4 Å². The fourth-order valence-electron chi connectivity index (χ4n) is 2.07. The van der Waals surface area contributed by atoms with E-state index in [2.05, 4.69) is 29.2 Å². The van der Waals surface area contributed by atoms with Gasteiger partial charge in [-0.15, -0.1) is 0 Å². The molecule has 0 heterocycles. The molecule has 0 fully saturated rings. The number of rotatable bonds is 8. The van der Waals surface area contributed by atoms with Crippen molar-refractivity contribution in [3.05, 3.63) is 35.9 Å². The number of carbonyl (C=O) groups is 2. The molecule has 1 amide bonds. The number of esters is 1. The van der Waals surface area contributed by atoms with Gasteiger partial charge in [0.25, 0.3) is 0 Å². The Labute approximate surface area is 126 Å². The lowest BCUT2D eigenvalue weighted by molar-refractivity contribution is -0.140.